The summed E-state index contributed by atoms with van der Waals surface area (Å²) < 4.78 is 11.4. The number of esters is 2. The Morgan fingerprint density at radius 1 is 0.429 bits per heavy atom. The SMILES string of the molecule is CC(C)CCC(COC(=O)CCCCCCCCCC(CCCCCCCCCC(=O)OCC(CCC(C)C)C(C)C)CCCCCN1CCCCC1)C(C)C. The van der Waals surface area contributed by atoms with Crippen LogP contribution >= 0.6 is 0 Å². The molecule has 5 nitrogen and oxygen atoms in total. The third-order valence-corrected chi connectivity index (χ3v) is 13.1. The maximum atomic E-state index is 12.4. The zero-order chi connectivity index (χ0) is 41.2. The summed E-state index contributed by atoms with van der Waals surface area (Å²) in [5.74, 6) is 4.45. The standard InChI is InChI=1S/C51H99NO4/c1-43(2)34-36-48(45(5)6)41-55-50(53)32-24-17-13-9-11-15-21-29-47(31-23-19-26-38-52-39-27-20-28-40-52)30-22-16-12-10-14-18-25-33-51(54)56-42-49(46(7)8)37-35-44(3)4/h43-49H,9-42H2,1-8H3. The molecule has 1 rings (SSSR count). The van der Waals surface area contributed by atoms with Crippen molar-refractivity contribution in [2.75, 3.05) is 32.8 Å². The zero-order valence-corrected chi connectivity index (χ0v) is 39.2. The van der Waals surface area contributed by atoms with Gasteiger partial charge in [-0.1, -0.05) is 184 Å². The number of nitrogens with zero attached hydrogens (tertiary/aromatic N) is 1. The van der Waals surface area contributed by atoms with Gasteiger partial charge in [0.05, 0.1) is 13.2 Å². The van der Waals surface area contributed by atoms with Crippen LogP contribution in [0.5, 0.6) is 0 Å². The number of rotatable bonds is 38. The Balaban J connectivity index is 2.21. The number of unbranched alkanes of at least 4 members (excludes halogenated alkanes) is 14. The second kappa shape index (κ2) is 35.8. The van der Waals surface area contributed by atoms with Gasteiger partial charge in [0.2, 0.25) is 0 Å². The molecule has 0 N–H and O–H groups in total. The Bertz CT molecular complexity index is 836. The number of carbonyl (C=O) groups excluding carboxylic acids is 2. The van der Waals surface area contributed by atoms with Gasteiger partial charge in [-0.2, -0.15) is 0 Å². The summed E-state index contributed by atoms with van der Waals surface area (Å²) in [5, 5.41) is 0. The van der Waals surface area contributed by atoms with Gasteiger partial charge >= 0.3 is 11.9 Å². The topological polar surface area (TPSA) is 55.8 Å². The molecule has 1 aliphatic heterocycles. The van der Waals surface area contributed by atoms with Gasteiger partial charge in [0, 0.05) is 12.8 Å². The van der Waals surface area contributed by atoms with Gasteiger partial charge in [0.15, 0.2) is 0 Å². The molecule has 0 saturated carbocycles. The van der Waals surface area contributed by atoms with E-state index in [1.54, 1.807) is 0 Å². The fourth-order valence-electron chi connectivity index (χ4n) is 8.59. The number of likely N-dealkylation sites (tertiary alicyclic amines) is 1. The summed E-state index contributed by atoms with van der Waals surface area (Å²) in [6, 6.07) is 0. The molecule has 1 saturated heterocycles. The quantitative estimate of drug-likeness (QED) is 0.0461. The summed E-state index contributed by atoms with van der Waals surface area (Å²) in [7, 11) is 0. The van der Waals surface area contributed by atoms with Crippen LogP contribution in [-0.2, 0) is 19.1 Å². The maximum Gasteiger partial charge on any atom is 0.305 e. The molecule has 0 amide bonds. The molecular formula is C51H99NO4. The molecule has 0 aliphatic carbocycles. The minimum Gasteiger partial charge on any atom is -0.465 e. The van der Waals surface area contributed by atoms with Crippen molar-refractivity contribution in [3.63, 3.8) is 0 Å². The molecule has 5 heteroatoms. The molecule has 0 spiro atoms. The van der Waals surface area contributed by atoms with E-state index >= 15 is 0 Å². The van der Waals surface area contributed by atoms with Crippen LogP contribution in [-0.4, -0.2) is 49.7 Å². The zero-order valence-electron chi connectivity index (χ0n) is 39.2. The molecule has 0 radical (unpaired) electrons. The van der Waals surface area contributed by atoms with Gasteiger partial charge in [-0.25, -0.2) is 0 Å². The van der Waals surface area contributed by atoms with Crippen molar-refractivity contribution in [3.8, 4) is 0 Å². The fraction of sp³-hybridized carbons (Fsp3) is 0.961. The van der Waals surface area contributed by atoms with E-state index in [9.17, 15) is 9.59 Å². The fourth-order valence-corrected chi connectivity index (χ4v) is 8.59. The van der Waals surface area contributed by atoms with Crippen LogP contribution < -0.4 is 0 Å². The number of hydrogen-bond acceptors (Lipinski definition) is 5. The molecule has 1 heterocycles. The van der Waals surface area contributed by atoms with Gasteiger partial charge < -0.3 is 14.4 Å². The third-order valence-electron chi connectivity index (χ3n) is 13.1. The minimum atomic E-state index is 0.00894. The average Bonchev–Trinajstić information content (AvgIpc) is 3.15. The smallest absolute Gasteiger partial charge is 0.305 e. The molecule has 0 bridgehead atoms. The van der Waals surface area contributed by atoms with Gasteiger partial charge in [0.1, 0.15) is 0 Å². The first-order valence-electron chi connectivity index (χ1n) is 25.0. The first-order valence-corrected chi connectivity index (χ1v) is 25.0. The molecule has 0 aromatic rings. The lowest BCUT2D eigenvalue weighted by Gasteiger charge is -2.26. The molecule has 2 unspecified atom stereocenters. The van der Waals surface area contributed by atoms with Crippen molar-refractivity contribution in [2.24, 2.45) is 41.4 Å². The van der Waals surface area contributed by atoms with Crippen LogP contribution in [0.4, 0.5) is 0 Å². The first-order chi connectivity index (χ1) is 27.0. The molecule has 1 aliphatic rings. The van der Waals surface area contributed by atoms with Gasteiger partial charge in [-0.15, -0.1) is 0 Å². The Labute approximate surface area is 350 Å². The molecule has 56 heavy (non-hydrogen) atoms. The van der Waals surface area contributed by atoms with Crippen LogP contribution in [0.15, 0.2) is 0 Å². The lowest BCUT2D eigenvalue weighted by atomic mass is 9.89. The second-order valence-corrected chi connectivity index (χ2v) is 20.0. The van der Waals surface area contributed by atoms with E-state index in [-0.39, 0.29) is 11.9 Å². The minimum absolute atomic E-state index is 0.00894. The Morgan fingerprint density at radius 3 is 1.16 bits per heavy atom. The highest BCUT2D eigenvalue weighted by Crippen LogP contribution is 2.26. The predicted octanol–water partition coefficient (Wildman–Crippen LogP) is 15.2. The number of ether oxygens (including phenoxy) is 2. The average molecular weight is 790 g/mol. The van der Waals surface area contributed by atoms with Crippen LogP contribution in [0.3, 0.4) is 0 Å². The summed E-state index contributed by atoms with van der Waals surface area (Å²) >= 11 is 0. The third kappa shape index (κ3) is 31.8. The van der Waals surface area contributed by atoms with Gasteiger partial charge in [-0.05, 0) is 106 Å². The van der Waals surface area contributed by atoms with E-state index in [1.807, 2.05) is 0 Å². The van der Waals surface area contributed by atoms with Crippen LogP contribution in [0, 0.1) is 41.4 Å². The molecule has 0 aromatic carbocycles. The van der Waals surface area contributed by atoms with Crippen molar-refractivity contribution in [3.05, 3.63) is 0 Å². The molecule has 2 atom stereocenters. The highest BCUT2D eigenvalue weighted by molar-refractivity contribution is 5.69. The lowest BCUT2D eigenvalue weighted by molar-refractivity contribution is -0.146. The van der Waals surface area contributed by atoms with Gasteiger partial charge in [0.25, 0.3) is 0 Å². The second-order valence-electron chi connectivity index (χ2n) is 20.0. The number of hydrogen-bond donors (Lipinski definition) is 0. The molecule has 1 fully saturated rings. The number of carbonyl (C=O) groups is 2. The summed E-state index contributed by atoms with van der Waals surface area (Å²) in [6.45, 7) is 23.3. The van der Waals surface area contributed by atoms with E-state index in [2.05, 4.69) is 60.3 Å². The monoisotopic (exact) mass is 790 g/mol. The van der Waals surface area contributed by atoms with E-state index in [4.69, 9.17) is 9.47 Å². The summed E-state index contributed by atoms with van der Waals surface area (Å²) in [5.41, 5.74) is 0. The van der Waals surface area contributed by atoms with Crippen LogP contribution in [0.25, 0.3) is 0 Å². The van der Waals surface area contributed by atoms with E-state index in [1.165, 1.54) is 154 Å². The lowest BCUT2D eigenvalue weighted by Crippen LogP contribution is -2.30. The number of piperidine rings is 1. The predicted molar refractivity (Wildman–Crippen MR) is 242 cm³/mol. The molecule has 332 valence electrons. The van der Waals surface area contributed by atoms with Crippen molar-refractivity contribution in [1.82, 2.24) is 4.90 Å². The first kappa shape index (κ1) is 52.9. The highest BCUT2D eigenvalue weighted by Gasteiger charge is 2.18. The van der Waals surface area contributed by atoms with Crippen molar-refractivity contribution in [2.45, 2.75) is 242 Å². The van der Waals surface area contributed by atoms with Crippen LogP contribution in [0.2, 0.25) is 0 Å². The highest BCUT2D eigenvalue weighted by atomic mass is 16.5. The van der Waals surface area contributed by atoms with Crippen molar-refractivity contribution in [1.29, 1.82) is 0 Å². The molecule has 0 aromatic heterocycles. The van der Waals surface area contributed by atoms with Crippen molar-refractivity contribution < 1.29 is 19.1 Å². The summed E-state index contributed by atoms with van der Waals surface area (Å²) in [4.78, 5) is 27.4. The molecular weight excluding hydrogens is 691 g/mol. The van der Waals surface area contributed by atoms with E-state index in [0.29, 0.717) is 61.6 Å². The van der Waals surface area contributed by atoms with E-state index < -0.39 is 0 Å². The van der Waals surface area contributed by atoms with Gasteiger partial charge in [-0.3, -0.25) is 9.59 Å². The Kier molecular flexibility index (Phi) is 33.8. The largest absolute Gasteiger partial charge is 0.465 e. The van der Waals surface area contributed by atoms with Crippen LogP contribution in [0.1, 0.15) is 242 Å². The van der Waals surface area contributed by atoms with E-state index in [0.717, 1.165) is 44.4 Å². The normalized spacial score (nSPS) is 15.6. The Hall–Kier alpha value is -1.10. The summed E-state index contributed by atoms with van der Waals surface area (Å²) in [6.07, 6.45) is 36.1. The van der Waals surface area contributed by atoms with Crippen molar-refractivity contribution >= 4 is 11.9 Å². The Morgan fingerprint density at radius 2 is 0.786 bits per heavy atom. The maximum absolute atomic E-state index is 12.4.